The zero-order valence-corrected chi connectivity index (χ0v) is 14.2. The van der Waals surface area contributed by atoms with Crippen LogP contribution in [0.15, 0.2) is 30.3 Å². The van der Waals surface area contributed by atoms with Crippen molar-refractivity contribution in [3.8, 4) is 0 Å². The van der Waals surface area contributed by atoms with Crippen molar-refractivity contribution < 1.29 is 23.9 Å². The van der Waals surface area contributed by atoms with Crippen LogP contribution in [0.25, 0.3) is 0 Å². The second kappa shape index (κ2) is 8.90. The minimum atomic E-state index is -1.00. The van der Waals surface area contributed by atoms with Crippen molar-refractivity contribution >= 4 is 18.0 Å². The molecule has 0 unspecified atom stereocenters. The molecule has 0 aliphatic carbocycles. The number of nitrogens with one attached hydrogen (secondary N) is 1. The van der Waals surface area contributed by atoms with Crippen molar-refractivity contribution in [1.82, 2.24) is 5.32 Å². The number of primary amides is 1. The Bertz CT molecular complexity index is 566. The molecule has 3 N–H and O–H groups in total. The fraction of sp³-hybridized carbons (Fsp3) is 0.471. The van der Waals surface area contributed by atoms with Crippen LogP contribution in [0.5, 0.6) is 0 Å². The second-order valence-electron chi connectivity index (χ2n) is 6.30. The van der Waals surface area contributed by atoms with Gasteiger partial charge < -0.3 is 20.5 Å². The number of carbonyl (C=O) groups excluding carboxylic acids is 3. The van der Waals surface area contributed by atoms with Gasteiger partial charge >= 0.3 is 12.1 Å². The number of alkyl carbamates (subject to hydrolysis) is 1. The highest BCUT2D eigenvalue weighted by Crippen LogP contribution is 2.11. The number of benzene rings is 1. The van der Waals surface area contributed by atoms with Crippen LogP contribution in [0, 0.1) is 0 Å². The van der Waals surface area contributed by atoms with E-state index in [4.69, 9.17) is 15.2 Å². The summed E-state index contributed by atoms with van der Waals surface area (Å²) < 4.78 is 10.3. The largest absolute Gasteiger partial charge is 0.458 e. The van der Waals surface area contributed by atoms with Gasteiger partial charge in [0.15, 0.2) is 0 Å². The molecule has 1 atom stereocenters. The Balaban J connectivity index is 2.60. The van der Waals surface area contributed by atoms with Crippen molar-refractivity contribution in [2.75, 3.05) is 0 Å². The van der Waals surface area contributed by atoms with Gasteiger partial charge in [-0.25, -0.2) is 9.59 Å². The van der Waals surface area contributed by atoms with E-state index in [0.717, 1.165) is 5.56 Å². The lowest BCUT2D eigenvalue weighted by Gasteiger charge is -2.24. The first-order valence-electron chi connectivity index (χ1n) is 7.66. The van der Waals surface area contributed by atoms with Gasteiger partial charge in [0.25, 0.3) is 0 Å². The van der Waals surface area contributed by atoms with E-state index in [1.54, 1.807) is 20.8 Å². The average Bonchev–Trinajstić information content (AvgIpc) is 2.48. The minimum Gasteiger partial charge on any atom is -0.458 e. The molecule has 0 saturated heterocycles. The maximum absolute atomic E-state index is 12.1. The van der Waals surface area contributed by atoms with E-state index in [9.17, 15) is 14.4 Å². The SMILES string of the molecule is CC(C)(C)OC(=O)[C@H](CCC(N)=O)NC(=O)OCc1ccccc1. The molecule has 1 aromatic rings. The molecule has 132 valence electrons. The molecule has 7 heteroatoms. The number of nitrogens with two attached hydrogens (primary N) is 1. The lowest BCUT2D eigenvalue weighted by molar-refractivity contribution is -0.157. The molecule has 0 aliphatic rings. The van der Waals surface area contributed by atoms with E-state index in [-0.39, 0.29) is 19.4 Å². The number of hydrogen-bond acceptors (Lipinski definition) is 5. The van der Waals surface area contributed by atoms with Crippen LogP contribution in [-0.4, -0.2) is 29.6 Å². The Hall–Kier alpha value is -2.57. The third-order valence-electron chi connectivity index (χ3n) is 2.88. The van der Waals surface area contributed by atoms with Crippen molar-refractivity contribution in [3.05, 3.63) is 35.9 Å². The van der Waals surface area contributed by atoms with Gasteiger partial charge in [0.2, 0.25) is 5.91 Å². The fourth-order valence-corrected chi connectivity index (χ4v) is 1.82. The van der Waals surface area contributed by atoms with Gasteiger partial charge in [0.1, 0.15) is 18.2 Å². The average molecular weight is 336 g/mol. The summed E-state index contributed by atoms with van der Waals surface area (Å²) in [6, 6.07) is 8.13. The van der Waals surface area contributed by atoms with Crippen molar-refractivity contribution in [2.24, 2.45) is 5.73 Å². The highest BCUT2D eigenvalue weighted by atomic mass is 16.6. The molecule has 0 aromatic heterocycles. The standard InChI is InChI=1S/C17H24N2O5/c1-17(2,3)24-15(21)13(9-10-14(18)20)19-16(22)23-11-12-7-5-4-6-8-12/h4-8,13H,9-11H2,1-3H3,(H2,18,20)(H,19,22)/t13-/m0/s1. The molecule has 1 rings (SSSR count). The summed E-state index contributed by atoms with van der Waals surface area (Å²) in [7, 11) is 0. The van der Waals surface area contributed by atoms with E-state index in [2.05, 4.69) is 5.32 Å². The maximum atomic E-state index is 12.1. The lowest BCUT2D eigenvalue weighted by Crippen LogP contribution is -2.44. The van der Waals surface area contributed by atoms with Gasteiger partial charge in [-0.15, -0.1) is 0 Å². The molecule has 0 radical (unpaired) electrons. The zero-order valence-electron chi connectivity index (χ0n) is 14.2. The maximum Gasteiger partial charge on any atom is 0.408 e. The number of ether oxygens (including phenoxy) is 2. The Morgan fingerprint density at radius 3 is 2.33 bits per heavy atom. The zero-order chi connectivity index (χ0) is 18.2. The van der Waals surface area contributed by atoms with Gasteiger partial charge in [0, 0.05) is 6.42 Å². The summed E-state index contributed by atoms with van der Waals surface area (Å²) >= 11 is 0. The number of rotatable bonds is 7. The first-order valence-corrected chi connectivity index (χ1v) is 7.66. The van der Waals surface area contributed by atoms with Crippen molar-refractivity contribution in [2.45, 2.75) is 51.9 Å². The molecular weight excluding hydrogens is 312 g/mol. The molecule has 0 heterocycles. The first-order chi connectivity index (χ1) is 11.2. The van der Waals surface area contributed by atoms with Gasteiger partial charge in [-0.1, -0.05) is 30.3 Å². The van der Waals surface area contributed by atoms with Crippen LogP contribution in [0.2, 0.25) is 0 Å². The normalized spacial score (nSPS) is 12.1. The molecule has 7 nitrogen and oxygen atoms in total. The second-order valence-corrected chi connectivity index (χ2v) is 6.30. The highest BCUT2D eigenvalue weighted by molar-refractivity contribution is 5.82. The number of hydrogen-bond donors (Lipinski definition) is 2. The van der Waals surface area contributed by atoms with Crippen LogP contribution < -0.4 is 11.1 Å². The van der Waals surface area contributed by atoms with E-state index in [1.807, 2.05) is 30.3 Å². The summed E-state index contributed by atoms with van der Waals surface area (Å²) in [4.78, 5) is 35.0. The third kappa shape index (κ3) is 8.17. The van der Waals surface area contributed by atoms with Crippen LogP contribution in [0.4, 0.5) is 4.79 Å². The number of carbonyl (C=O) groups is 3. The monoisotopic (exact) mass is 336 g/mol. The molecular formula is C17H24N2O5. The molecule has 0 fully saturated rings. The van der Waals surface area contributed by atoms with Gasteiger partial charge in [-0.2, -0.15) is 0 Å². The number of amides is 2. The first kappa shape index (κ1) is 19.5. The smallest absolute Gasteiger partial charge is 0.408 e. The Morgan fingerprint density at radius 2 is 1.79 bits per heavy atom. The lowest BCUT2D eigenvalue weighted by atomic mass is 10.1. The molecule has 0 aliphatic heterocycles. The van der Waals surface area contributed by atoms with Gasteiger partial charge in [0.05, 0.1) is 0 Å². The fourth-order valence-electron chi connectivity index (χ4n) is 1.82. The van der Waals surface area contributed by atoms with Crippen molar-refractivity contribution in [3.63, 3.8) is 0 Å². The predicted molar refractivity (Wildman–Crippen MR) is 87.8 cm³/mol. The highest BCUT2D eigenvalue weighted by Gasteiger charge is 2.27. The molecule has 24 heavy (non-hydrogen) atoms. The summed E-state index contributed by atoms with van der Waals surface area (Å²) in [5, 5.41) is 2.42. The van der Waals surface area contributed by atoms with Crippen LogP contribution in [0.1, 0.15) is 39.2 Å². The van der Waals surface area contributed by atoms with Crippen molar-refractivity contribution in [1.29, 1.82) is 0 Å². The van der Waals surface area contributed by atoms with Crippen LogP contribution in [-0.2, 0) is 25.7 Å². The molecule has 0 bridgehead atoms. The third-order valence-corrected chi connectivity index (χ3v) is 2.88. The summed E-state index contributed by atoms with van der Waals surface area (Å²) in [6.07, 6.45) is -0.771. The van der Waals surface area contributed by atoms with Gasteiger partial charge in [-0.3, -0.25) is 4.79 Å². The summed E-state index contributed by atoms with van der Waals surface area (Å²) in [5.74, 6) is -1.21. The number of esters is 1. The van der Waals surface area contributed by atoms with E-state index in [0.29, 0.717) is 0 Å². The Morgan fingerprint density at radius 1 is 1.17 bits per heavy atom. The van der Waals surface area contributed by atoms with E-state index in [1.165, 1.54) is 0 Å². The minimum absolute atomic E-state index is 0.0463. The van der Waals surface area contributed by atoms with Crippen LogP contribution in [0.3, 0.4) is 0 Å². The Labute approximate surface area is 141 Å². The predicted octanol–water partition coefficient (Wildman–Crippen LogP) is 1.89. The Kier molecular flexibility index (Phi) is 7.23. The molecule has 0 spiro atoms. The summed E-state index contributed by atoms with van der Waals surface area (Å²) in [6.45, 7) is 5.21. The van der Waals surface area contributed by atoms with E-state index < -0.39 is 29.6 Å². The molecule has 0 saturated carbocycles. The molecule has 2 amide bonds. The van der Waals surface area contributed by atoms with Crippen LogP contribution >= 0.6 is 0 Å². The quantitative estimate of drug-likeness (QED) is 0.739. The topological polar surface area (TPSA) is 108 Å². The van der Waals surface area contributed by atoms with E-state index >= 15 is 0 Å². The summed E-state index contributed by atoms with van der Waals surface area (Å²) in [5.41, 5.74) is 5.21. The van der Waals surface area contributed by atoms with Gasteiger partial charge in [-0.05, 0) is 32.8 Å². The molecule has 1 aromatic carbocycles.